The van der Waals surface area contributed by atoms with E-state index in [1.807, 2.05) is 13.8 Å². The highest BCUT2D eigenvalue weighted by Crippen LogP contribution is 2.47. The highest BCUT2D eigenvalue weighted by molar-refractivity contribution is 8.45. The lowest BCUT2D eigenvalue weighted by Crippen LogP contribution is -2.18. The summed E-state index contributed by atoms with van der Waals surface area (Å²) in [5, 5.41) is 2.72. The Bertz CT molecular complexity index is 140. The molecule has 0 aromatic rings. The van der Waals surface area contributed by atoms with Crippen LogP contribution in [-0.4, -0.2) is 12.6 Å². The number of hydrogen-bond acceptors (Lipinski definition) is 2. The third-order valence-electron chi connectivity index (χ3n) is 0.725. The summed E-state index contributed by atoms with van der Waals surface area (Å²) < 4.78 is 16.0. The van der Waals surface area contributed by atoms with Gasteiger partial charge in [0.1, 0.15) is 0 Å². The van der Waals surface area contributed by atoms with Gasteiger partial charge in [-0.1, -0.05) is 12.2 Å². The summed E-state index contributed by atoms with van der Waals surface area (Å²) in [4.78, 5) is 0. The second kappa shape index (κ2) is 4.39. The van der Waals surface area contributed by atoms with E-state index in [0.717, 1.165) is 0 Å². The van der Waals surface area contributed by atoms with Crippen molar-refractivity contribution in [3.63, 3.8) is 0 Å². The lowest BCUT2D eigenvalue weighted by molar-refractivity contribution is 0.335. The fraction of sp³-hybridized carbons (Fsp3) is 1.00. The zero-order valence-corrected chi connectivity index (χ0v) is 8.28. The third kappa shape index (κ3) is 5.30. The molecule has 62 valence electrons. The predicted molar refractivity (Wildman–Crippen MR) is 46.5 cm³/mol. The van der Waals surface area contributed by atoms with E-state index in [9.17, 15) is 4.57 Å². The normalized spacial score (nSPS) is 17.3. The van der Waals surface area contributed by atoms with Gasteiger partial charge in [0, 0.05) is 6.04 Å². The number of hydrogen-bond donors (Lipinski definition) is 2. The van der Waals surface area contributed by atoms with Crippen LogP contribution in [0.2, 0.25) is 0 Å². The Balaban J connectivity index is 3.75. The summed E-state index contributed by atoms with van der Waals surface area (Å²) in [5.74, 6) is 0. The van der Waals surface area contributed by atoms with Crippen molar-refractivity contribution in [2.24, 2.45) is 0 Å². The zero-order valence-electron chi connectivity index (χ0n) is 6.50. The Morgan fingerprint density at radius 3 is 2.50 bits per heavy atom. The molecule has 0 saturated heterocycles. The van der Waals surface area contributed by atoms with Gasteiger partial charge in [0.2, 0.25) is 0 Å². The second-order valence-electron chi connectivity index (χ2n) is 2.22. The van der Waals surface area contributed by atoms with Crippen molar-refractivity contribution < 1.29 is 9.09 Å². The van der Waals surface area contributed by atoms with Gasteiger partial charge in [0.25, 0.3) is 0 Å². The maximum Gasteiger partial charge on any atom is 0.323 e. The van der Waals surface area contributed by atoms with Crippen molar-refractivity contribution in [3.8, 4) is 0 Å². The fourth-order valence-corrected chi connectivity index (χ4v) is 2.65. The molecule has 0 aliphatic rings. The zero-order chi connectivity index (χ0) is 8.20. The molecular formula is C5H14NO2PS. The molecule has 5 heteroatoms. The molecule has 0 amide bonds. The van der Waals surface area contributed by atoms with Crippen molar-refractivity contribution in [2.75, 3.05) is 6.61 Å². The van der Waals surface area contributed by atoms with Crippen LogP contribution in [0.15, 0.2) is 0 Å². The fourth-order valence-electron chi connectivity index (χ4n) is 0.539. The number of nitrogens with one attached hydrogen (secondary N) is 1. The van der Waals surface area contributed by atoms with Crippen LogP contribution in [0, 0.1) is 0 Å². The molecule has 0 radical (unpaired) electrons. The summed E-state index contributed by atoms with van der Waals surface area (Å²) in [5.41, 5.74) is 0. The summed E-state index contributed by atoms with van der Waals surface area (Å²) in [6.45, 7) is 3.18. The first-order valence-electron chi connectivity index (χ1n) is 3.23. The lowest BCUT2D eigenvalue weighted by Gasteiger charge is -2.14. The Kier molecular flexibility index (Phi) is 4.61. The standard InChI is InChI=1S/C5H14NO2PS/c1-4-8-9(7,10)6-5(2)3/h5H,4H2,1-3H3,(H2,6,7,10). The lowest BCUT2D eigenvalue weighted by atomic mass is 10.4. The van der Waals surface area contributed by atoms with Crippen LogP contribution in [0.1, 0.15) is 20.8 Å². The molecule has 0 rings (SSSR count). The molecule has 0 fully saturated rings. The molecule has 0 heterocycles. The minimum atomic E-state index is -2.80. The molecular weight excluding hydrogens is 169 g/mol. The number of rotatable bonds is 4. The molecule has 1 unspecified atom stereocenters. The smallest absolute Gasteiger partial charge is 0.310 e. The van der Waals surface area contributed by atoms with E-state index in [-0.39, 0.29) is 6.04 Å². The van der Waals surface area contributed by atoms with Gasteiger partial charge in [-0.15, -0.1) is 0 Å². The summed E-state index contributed by atoms with van der Waals surface area (Å²) in [6, 6.07) is 0.134. The Morgan fingerprint density at radius 1 is 1.70 bits per heavy atom. The molecule has 1 atom stereocenters. The molecule has 0 aromatic heterocycles. The monoisotopic (exact) mass is 183 g/mol. The second-order valence-corrected chi connectivity index (χ2v) is 5.36. The first kappa shape index (κ1) is 10.5. The topological polar surface area (TPSA) is 38.3 Å². The van der Waals surface area contributed by atoms with Crippen LogP contribution in [0.3, 0.4) is 0 Å². The minimum absolute atomic E-state index is 0.134. The van der Waals surface area contributed by atoms with Gasteiger partial charge in [-0.3, -0.25) is 4.57 Å². The highest BCUT2D eigenvalue weighted by Gasteiger charge is 2.16. The van der Waals surface area contributed by atoms with Gasteiger partial charge >= 0.3 is 6.72 Å². The minimum Gasteiger partial charge on any atom is -0.310 e. The van der Waals surface area contributed by atoms with Crippen LogP contribution < -0.4 is 5.09 Å². The Morgan fingerprint density at radius 2 is 2.20 bits per heavy atom. The van der Waals surface area contributed by atoms with E-state index in [1.54, 1.807) is 6.92 Å². The molecule has 0 aliphatic carbocycles. The van der Waals surface area contributed by atoms with E-state index in [2.05, 4.69) is 17.3 Å². The van der Waals surface area contributed by atoms with E-state index in [4.69, 9.17) is 4.52 Å². The maximum atomic E-state index is 11.2. The van der Waals surface area contributed by atoms with Crippen molar-refractivity contribution in [3.05, 3.63) is 0 Å². The Labute approximate surface area is 67.2 Å². The highest BCUT2D eigenvalue weighted by atomic mass is 32.7. The van der Waals surface area contributed by atoms with E-state index in [0.29, 0.717) is 6.61 Å². The van der Waals surface area contributed by atoms with Crippen LogP contribution in [0.25, 0.3) is 0 Å². The molecule has 0 saturated carbocycles. The SMILES string of the molecule is CCOP(=O)(S)NC(C)C. The van der Waals surface area contributed by atoms with Gasteiger partial charge in [0.05, 0.1) is 6.61 Å². The van der Waals surface area contributed by atoms with Gasteiger partial charge in [-0.05, 0) is 20.8 Å². The average Bonchev–Trinajstić information content (AvgIpc) is 1.59. The van der Waals surface area contributed by atoms with E-state index < -0.39 is 6.72 Å². The molecule has 0 aromatic carbocycles. The van der Waals surface area contributed by atoms with Crippen molar-refractivity contribution in [1.29, 1.82) is 0 Å². The molecule has 0 spiro atoms. The largest absolute Gasteiger partial charge is 0.323 e. The Hall–Kier alpha value is 0.500. The molecule has 0 aliphatic heterocycles. The van der Waals surface area contributed by atoms with Crippen LogP contribution >= 0.6 is 19.0 Å². The van der Waals surface area contributed by atoms with Crippen molar-refractivity contribution >= 4 is 19.0 Å². The van der Waals surface area contributed by atoms with Gasteiger partial charge in [0.15, 0.2) is 0 Å². The third-order valence-corrected chi connectivity index (χ3v) is 2.87. The number of thiol groups is 1. The molecule has 3 nitrogen and oxygen atoms in total. The quantitative estimate of drug-likeness (QED) is 0.517. The summed E-state index contributed by atoms with van der Waals surface area (Å²) in [7, 11) is 0. The van der Waals surface area contributed by atoms with E-state index in [1.165, 1.54) is 0 Å². The van der Waals surface area contributed by atoms with Crippen LogP contribution in [0.4, 0.5) is 0 Å². The van der Waals surface area contributed by atoms with Gasteiger partial charge < -0.3 is 4.52 Å². The average molecular weight is 183 g/mol. The summed E-state index contributed by atoms with van der Waals surface area (Å²) >= 11 is 3.83. The maximum absolute atomic E-state index is 11.2. The van der Waals surface area contributed by atoms with E-state index >= 15 is 0 Å². The van der Waals surface area contributed by atoms with Crippen molar-refractivity contribution in [2.45, 2.75) is 26.8 Å². The predicted octanol–water partition coefficient (Wildman–Crippen LogP) is 2.06. The van der Waals surface area contributed by atoms with Gasteiger partial charge in [-0.2, -0.15) is 0 Å². The first-order chi connectivity index (χ1) is 4.48. The van der Waals surface area contributed by atoms with Crippen molar-refractivity contribution in [1.82, 2.24) is 5.09 Å². The van der Waals surface area contributed by atoms with Crippen LogP contribution in [0.5, 0.6) is 0 Å². The first-order valence-corrected chi connectivity index (χ1v) is 6.01. The summed E-state index contributed by atoms with van der Waals surface area (Å²) in [6.07, 6.45) is 0. The molecule has 0 bridgehead atoms. The van der Waals surface area contributed by atoms with Gasteiger partial charge in [-0.25, -0.2) is 5.09 Å². The molecule has 10 heavy (non-hydrogen) atoms. The van der Waals surface area contributed by atoms with Crippen LogP contribution in [-0.2, 0) is 9.09 Å². The molecule has 1 N–H and O–H groups in total.